The predicted octanol–water partition coefficient (Wildman–Crippen LogP) is 4.27. The van der Waals surface area contributed by atoms with Gasteiger partial charge in [-0.05, 0) is 23.6 Å². The summed E-state index contributed by atoms with van der Waals surface area (Å²) >= 11 is 5.80. The third kappa shape index (κ3) is 5.11. The Morgan fingerprint density at radius 3 is 2.58 bits per heavy atom. The molecular weight excluding hydrogens is 457 g/mol. The zero-order valence-electron chi connectivity index (χ0n) is 18.0. The molecule has 2 atom stereocenters. The number of piperidine rings is 1. The fourth-order valence-electron chi connectivity index (χ4n) is 4.10. The second-order valence-electron chi connectivity index (χ2n) is 8.22. The van der Waals surface area contributed by atoms with Crippen LogP contribution < -0.4 is 5.32 Å². The number of amides is 1. The zero-order chi connectivity index (χ0) is 23.8. The van der Waals surface area contributed by atoms with Crippen molar-refractivity contribution in [3.05, 3.63) is 59.4 Å². The maximum atomic E-state index is 14.5. The number of carbonyl (C=O) groups is 1. The van der Waals surface area contributed by atoms with Crippen LogP contribution in [0.3, 0.4) is 0 Å². The van der Waals surface area contributed by atoms with Crippen LogP contribution in [0.5, 0.6) is 0 Å². The molecule has 7 nitrogen and oxygen atoms in total. The molecule has 0 bridgehead atoms. The third-order valence-electron chi connectivity index (χ3n) is 5.62. The second-order valence-corrected chi connectivity index (χ2v) is 8.65. The molecule has 0 saturated carbocycles. The third-order valence-corrected chi connectivity index (χ3v) is 5.81. The van der Waals surface area contributed by atoms with E-state index in [0.717, 1.165) is 4.90 Å². The van der Waals surface area contributed by atoms with Gasteiger partial charge in [0.05, 0.1) is 30.0 Å². The van der Waals surface area contributed by atoms with Crippen LogP contribution in [-0.2, 0) is 7.05 Å². The lowest BCUT2D eigenvalue weighted by atomic mass is 9.88. The Hall–Kier alpha value is -3.14. The van der Waals surface area contributed by atoms with Crippen molar-refractivity contribution in [3.8, 4) is 11.1 Å². The lowest BCUT2D eigenvalue weighted by Crippen LogP contribution is -2.57. The molecule has 1 aromatic carbocycles. The Morgan fingerprint density at radius 2 is 1.91 bits per heavy atom. The average molecular weight is 479 g/mol. The number of likely N-dealkylation sites (tertiary alicyclic amines) is 1. The van der Waals surface area contributed by atoms with Crippen LogP contribution in [0.15, 0.2) is 42.9 Å². The van der Waals surface area contributed by atoms with Crippen molar-refractivity contribution in [2.24, 2.45) is 13.0 Å². The number of aromatic nitrogens is 4. The standard InChI is InChI=1S/C22H22ClF3N6O/c1-13-7-22(25,26)12-32(18(13)10-29-21-27-8-15(23)9-28-21)20(33)19-17(11-31(2)30-19)14-3-5-16(24)6-4-14/h3-6,8-9,11,13,18H,7,10,12H2,1-2H3,(H,27,28,29)/t13-,18?/m1/s1. The molecule has 1 aliphatic heterocycles. The molecule has 1 amide bonds. The monoisotopic (exact) mass is 478 g/mol. The quantitative estimate of drug-likeness (QED) is 0.592. The molecule has 3 aromatic rings. The SMILES string of the molecule is C[C@@H]1CC(F)(F)CN(C(=O)c2nn(C)cc2-c2ccc(F)cc2)C1CNc1ncc(Cl)cn1. The molecule has 3 heterocycles. The molecule has 1 saturated heterocycles. The maximum absolute atomic E-state index is 14.5. The number of carbonyl (C=O) groups excluding carboxylic acids is 1. The minimum Gasteiger partial charge on any atom is -0.352 e. The van der Waals surface area contributed by atoms with E-state index in [9.17, 15) is 18.0 Å². The van der Waals surface area contributed by atoms with Gasteiger partial charge in [0.15, 0.2) is 5.69 Å². The highest BCUT2D eigenvalue weighted by Crippen LogP contribution is 2.36. The number of halogens is 4. The predicted molar refractivity (Wildman–Crippen MR) is 118 cm³/mol. The molecule has 1 N–H and O–H groups in total. The summed E-state index contributed by atoms with van der Waals surface area (Å²) in [6, 6.07) is 5.03. The Labute approximate surface area is 193 Å². The van der Waals surface area contributed by atoms with E-state index in [4.69, 9.17) is 11.6 Å². The van der Waals surface area contributed by atoms with E-state index < -0.39 is 36.2 Å². The highest BCUT2D eigenvalue weighted by Gasteiger charge is 2.46. The molecule has 1 aliphatic rings. The van der Waals surface area contributed by atoms with Gasteiger partial charge in [0.25, 0.3) is 11.8 Å². The number of benzene rings is 1. The molecule has 1 unspecified atom stereocenters. The molecule has 0 aliphatic carbocycles. The van der Waals surface area contributed by atoms with Gasteiger partial charge >= 0.3 is 0 Å². The van der Waals surface area contributed by atoms with E-state index in [1.807, 2.05) is 0 Å². The van der Waals surface area contributed by atoms with Crippen LogP contribution in [0.4, 0.5) is 19.1 Å². The van der Waals surface area contributed by atoms with Gasteiger partial charge in [-0.2, -0.15) is 5.10 Å². The highest BCUT2D eigenvalue weighted by molar-refractivity contribution is 6.30. The van der Waals surface area contributed by atoms with E-state index >= 15 is 0 Å². The minimum absolute atomic E-state index is 0.0294. The lowest BCUT2D eigenvalue weighted by Gasteiger charge is -2.43. The van der Waals surface area contributed by atoms with Crippen LogP contribution in [-0.4, -0.2) is 55.6 Å². The van der Waals surface area contributed by atoms with Crippen molar-refractivity contribution in [1.29, 1.82) is 0 Å². The molecular formula is C22H22ClF3N6O. The fourth-order valence-corrected chi connectivity index (χ4v) is 4.20. The minimum atomic E-state index is -3.03. The Morgan fingerprint density at radius 1 is 1.24 bits per heavy atom. The van der Waals surface area contributed by atoms with Gasteiger partial charge < -0.3 is 10.2 Å². The van der Waals surface area contributed by atoms with Crippen molar-refractivity contribution in [2.75, 3.05) is 18.4 Å². The van der Waals surface area contributed by atoms with Gasteiger partial charge in [0.1, 0.15) is 5.82 Å². The first-order valence-corrected chi connectivity index (χ1v) is 10.7. The van der Waals surface area contributed by atoms with Crippen LogP contribution in [0.25, 0.3) is 11.1 Å². The van der Waals surface area contributed by atoms with E-state index in [2.05, 4.69) is 20.4 Å². The topological polar surface area (TPSA) is 75.9 Å². The number of alkyl halides is 2. The van der Waals surface area contributed by atoms with E-state index in [1.54, 1.807) is 20.2 Å². The molecule has 11 heteroatoms. The summed E-state index contributed by atoms with van der Waals surface area (Å²) < 4.78 is 43.8. The molecule has 1 fully saturated rings. The number of anilines is 1. The van der Waals surface area contributed by atoms with Crippen LogP contribution in [0.2, 0.25) is 5.02 Å². The average Bonchev–Trinajstić information content (AvgIpc) is 3.15. The van der Waals surface area contributed by atoms with Crippen molar-refractivity contribution < 1.29 is 18.0 Å². The number of nitrogens with one attached hydrogen (secondary N) is 1. The Balaban J connectivity index is 1.64. The lowest BCUT2D eigenvalue weighted by molar-refractivity contribution is -0.0898. The maximum Gasteiger partial charge on any atom is 0.275 e. The van der Waals surface area contributed by atoms with Gasteiger partial charge in [-0.25, -0.2) is 23.1 Å². The van der Waals surface area contributed by atoms with Crippen molar-refractivity contribution in [1.82, 2.24) is 24.6 Å². The summed E-state index contributed by atoms with van der Waals surface area (Å²) in [5.41, 5.74) is 1.03. The molecule has 174 valence electrons. The first-order chi connectivity index (χ1) is 15.6. The molecule has 0 spiro atoms. The van der Waals surface area contributed by atoms with Crippen molar-refractivity contribution >= 4 is 23.5 Å². The van der Waals surface area contributed by atoms with Gasteiger partial charge in [-0.1, -0.05) is 30.7 Å². The summed E-state index contributed by atoms with van der Waals surface area (Å²) in [6.45, 7) is 1.12. The second kappa shape index (κ2) is 9.01. The normalized spacial score (nSPS) is 20.0. The molecule has 33 heavy (non-hydrogen) atoms. The first-order valence-electron chi connectivity index (χ1n) is 10.3. The van der Waals surface area contributed by atoms with Crippen molar-refractivity contribution in [3.63, 3.8) is 0 Å². The van der Waals surface area contributed by atoms with Gasteiger partial charge in [0.2, 0.25) is 5.95 Å². The smallest absolute Gasteiger partial charge is 0.275 e. The summed E-state index contributed by atoms with van der Waals surface area (Å²) in [4.78, 5) is 22.8. The van der Waals surface area contributed by atoms with E-state index in [-0.39, 0.29) is 24.6 Å². The first kappa shape index (κ1) is 23.0. The summed E-state index contributed by atoms with van der Waals surface area (Å²) in [5, 5.41) is 7.62. The number of nitrogens with zero attached hydrogens (tertiary/aromatic N) is 5. The Bertz CT molecular complexity index is 1140. The van der Waals surface area contributed by atoms with Crippen LogP contribution >= 0.6 is 11.6 Å². The summed E-state index contributed by atoms with van der Waals surface area (Å²) in [6.07, 6.45) is 4.10. The van der Waals surface area contributed by atoms with Crippen molar-refractivity contribution in [2.45, 2.75) is 25.3 Å². The summed E-state index contributed by atoms with van der Waals surface area (Å²) in [7, 11) is 1.63. The van der Waals surface area contributed by atoms with E-state index in [0.29, 0.717) is 16.1 Å². The number of hydrogen-bond donors (Lipinski definition) is 1. The molecule has 2 aromatic heterocycles. The Kier molecular flexibility index (Phi) is 6.29. The van der Waals surface area contributed by atoms with Crippen LogP contribution in [0, 0.1) is 11.7 Å². The van der Waals surface area contributed by atoms with Gasteiger partial charge in [0, 0.05) is 31.8 Å². The van der Waals surface area contributed by atoms with Gasteiger partial charge in [-0.3, -0.25) is 9.48 Å². The van der Waals surface area contributed by atoms with Gasteiger partial charge in [-0.15, -0.1) is 0 Å². The fraction of sp³-hybridized carbons (Fsp3) is 0.364. The number of hydrogen-bond acceptors (Lipinski definition) is 5. The van der Waals surface area contributed by atoms with E-state index in [1.165, 1.54) is 41.3 Å². The largest absolute Gasteiger partial charge is 0.352 e. The highest BCUT2D eigenvalue weighted by atomic mass is 35.5. The summed E-state index contributed by atoms with van der Waals surface area (Å²) in [5.74, 6) is -4.30. The molecule has 0 radical (unpaired) electrons. The number of aryl methyl sites for hydroxylation is 1. The zero-order valence-corrected chi connectivity index (χ0v) is 18.7. The number of rotatable bonds is 5. The van der Waals surface area contributed by atoms with Crippen LogP contribution in [0.1, 0.15) is 23.8 Å². The molecule has 4 rings (SSSR count).